The maximum Gasteiger partial charge on any atom is 0.306 e. The van der Waals surface area contributed by atoms with Crippen LogP contribution in [0, 0.1) is 11.3 Å². The summed E-state index contributed by atoms with van der Waals surface area (Å²) in [4.78, 5) is 14.5. The average Bonchev–Trinajstić information content (AvgIpc) is 3.32. The number of rotatable bonds is 14. The summed E-state index contributed by atoms with van der Waals surface area (Å²) in [5.41, 5.74) is 3.14. The van der Waals surface area contributed by atoms with Crippen molar-refractivity contribution in [2.24, 2.45) is 11.3 Å². The van der Waals surface area contributed by atoms with Gasteiger partial charge in [-0.2, -0.15) is 0 Å². The van der Waals surface area contributed by atoms with Gasteiger partial charge < -0.3 is 19.7 Å². The van der Waals surface area contributed by atoms with E-state index in [2.05, 4.69) is 65.6 Å². The number of ether oxygens (including phenoxy) is 2. The van der Waals surface area contributed by atoms with Crippen LogP contribution in [0.3, 0.4) is 0 Å². The molecular weight excluding hydrogens is 514 g/mol. The molecule has 0 bridgehead atoms. The summed E-state index contributed by atoms with van der Waals surface area (Å²) in [6.45, 7) is 6.60. The molecule has 2 N–H and O–H groups in total. The molecular formula is C35H49NO5. The number of likely N-dealkylation sites (tertiary alicyclic amines) is 1. The summed E-state index contributed by atoms with van der Waals surface area (Å²) < 4.78 is 11.8. The number of nitrogens with zero attached hydrogens (tertiary/aromatic N) is 1. The highest BCUT2D eigenvalue weighted by Crippen LogP contribution is 2.38. The maximum absolute atomic E-state index is 12.0. The number of allylic oxidation sites excluding steroid dienone is 2. The fraction of sp³-hybridized carbons (Fsp3) is 0.571. The molecule has 6 heteroatoms. The van der Waals surface area contributed by atoms with Gasteiger partial charge in [-0.3, -0.25) is 9.69 Å². The van der Waals surface area contributed by atoms with Crippen LogP contribution in [0.4, 0.5) is 0 Å². The lowest BCUT2D eigenvalue weighted by atomic mass is 9.92. The van der Waals surface area contributed by atoms with Gasteiger partial charge in [-0.25, -0.2) is 0 Å². The predicted octanol–water partition coefficient (Wildman–Crippen LogP) is 6.15. The summed E-state index contributed by atoms with van der Waals surface area (Å²) in [6, 6.07) is 19.1. The Morgan fingerprint density at radius 2 is 1.66 bits per heavy atom. The van der Waals surface area contributed by atoms with Crippen molar-refractivity contribution in [3.05, 3.63) is 72.3 Å². The van der Waals surface area contributed by atoms with Crippen molar-refractivity contribution in [1.82, 2.24) is 4.90 Å². The van der Waals surface area contributed by atoms with E-state index in [1.807, 2.05) is 19.9 Å². The van der Waals surface area contributed by atoms with Gasteiger partial charge in [-0.15, -0.1) is 0 Å². The molecule has 2 aromatic carbocycles. The molecule has 0 radical (unpaired) electrons. The Bertz CT molecular complexity index is 1080. The van der Waals surface area contributed by atoms with E-state index >= 15 is 0 Å². The van der Waals surface area contributed by atoms with E-state index in [0.717, 1.165) is 31.5 Å². The van der Waals surface area contributed by atoms with Crippen molar-refractivity contribution in [3.63, 3.8) is 0 Å². The fourth-order valence-corrected chi connectivity index (χ4v) is 6.08. The first kappa shape index (κ1) is 31.4. The van der Waals surface area contributed by atoms with E-state index in [-0.39, 0.29) is 43.4 Å². The second-order valence-corrected chi connectivity index (χ2v) is 12.5. The molecule has 41 heavy (non-hydrogen) atoms. The molecule has 0 amide bonds. The maximum atomic E-state index is 12.0. The van der Waals surface area contributed by atoms with Crippen molar-refractivity contribution in [1.29, 1.82) is 0 Å². The van der Waals surface area contributed by atoms with E-state index in [1.165, 1.54) is 30.4 Å². The van der Waals surface area contributed by atoms with E-state index < -0.39 is 5.41 Å². The van der Waals surface area contributed by atoms with Crippen LogP contribution in [-0.2, 0) is 20.9 Å². The van der Waals surface area contributed by atoms with Gasteiger partial charge in [0.15, 0.2) is 0 Å². The number of hydrogen-bond acceptors (Lipinski definition) is 6. The number of piperidine rings is 1. The number of aliphatic hydroxyl groups excluding tert-OH is 2. The second-order valence-electron chi connectivity index (χ2n) is 12.5. The van der Waals surface area contributed by atoms with Crippen molar-refractivity contribution in [2.75, 3.05) is 26.3 Å². The zero-order valence-electron chi connectivity index (χ0n) is 24.9. The van der Waals surface area contributed by atoms with Crippen LogP contribution >= 0.6 is 0 Å². The molecule has 1 heterocycles. The first-order valence-corrected chi connectivity index (χ1v) is 15.5. The predicted molar refractivity (Wildman–Crippen MR) is 163 cm³/mol. The molecule has 1 aliphatic carbocycles. The molecule has 4 rings (SSSR count). The van der Waals surface area contributed by atoms with Crippen LogP contribution in [-0.4, -0.2) is 65.6 Å². The fourth-order valence-electron chi connectivity index (χ4n) is 6.08. The highest BCUT2D eigenvalue weighted by Gasteiger charge is 2.45. The van der Waals surface area contributed by atoms with E-state index in [1.54, 1.807) is 0 Å². The Labute approximate surface area is 246 Å². The SMILES string of the molecule is CC(C)(CO)COC(=O)CCC=CCCC1C(OCc2ccc(-c3ccccc3)cc2)CC(O)C1N1CCCCC1. The molecule has 2 aromatic rings. The summed E-state index contributed by atoms with van der Waals surface area (Å²) in [7, 11) is 0. The van der Waals surface area contributed by atoms with Gasteiger partial charge in [0.2, 0.25) is 0 Å². The Balaban J connectivity index is 1.30. The minimum Gasteiger partial charge on any atom is -0.465 e. The number of esters is 1. The Morgan fingerprint density at radius 1 is 0.976 bits per heavy atom. The zero-order chi connectivity index (χ0) is 29.1. The first-order chi connectivity index (χ1) is 19.9. The van der Waals surface area contributed by atoms with Crippen LogP contribution in [0.2, 0.25) is 0 Å². The molecule has 6 nitrogen and oxygen atoms in total. The number of aliphatic hydroxyl groups is 2. The lowest BCUT2D eigenvalue weighted by molar-refractivity contribution is -0.147. The topological polar surface area (TPSA) is 79.2 Å². The number of hydrogen-bond donors (Lipinski definition) is 2. The minimum atomic E-state index is -0.410. The largest absolute Gasteiger partial charge is 0.465 e. The second kappa shape index (κ2) is 15.6. The minimum absolute atomic E-state index is 0.0142. The third-order valence-corrected chi connectivity index (χ3v) is 8.52. The summed E-state index contributed by atoms with van der Waals surface area (Å²) in [6.07, 6.45) is 11.0. The van der Waals surface area contributed by atoms with E-state index in [4.69, 9.17) is 9.47 Å². The van der Waals surface area contributed by atoms with Crippen molar-refractivity contribution in [3.8, 4) is 11.1 Å². The monoisotopic (exact) mass is 563 g/mol. The van der Waals surface area contributed by atoms with Crippen molar-refractivity contribution >= 4 is 5.97 Å². The third kappa shape index (κ3) is 9.50. The average molecular weight is 564 g/mol. The van der Waals surface area contributed by atoms with Crippen LogP contribution < -0.4 is 0 Å². The van der Waals surface area contributed by atoms with E-state index in [0.29, 0.717) is 25.9 Å². The summed E-state index contributed by atoms with van der Waals surface area (Å²) >= 11 is 0. The quantitative estimate of drug-likeness (QED) is 0.212. The molecule has 0 spiro atoms. The highest BCUT2D eigenvalue weighted by atomic mass is 16.5. The Morgan fingerprint density at radius 3 is 2.37 bits per heavy atom. The Kier molecular flexibility index (Phi) is 12.0. The zero-order valence-corrected chi connectivity index (χ0v) is 24.9. The summed E-state index contributed by atoms with van der Waals surface area (Å²) in [5.74, 6) is 0.0348. The lowest BCUT2D eigenvalue weighted by Crippen LogP contribution is -2.47. The standard InChI is InChI=1S/C35H49NO5/c1-35(2,25-37)26-41-33(39)16-10-4-3-9-15-30-32(23-31(38)34(30)36-21-11-6-12-22-36)40-24-27-17-19-29(20-18-27)28-13-7-5-8-14-28/h3-5,7-8,13-14,17-20,30-32,34,37-38H,6,9-12,15-16,21-26H2,1-2H3. The van der Waals surface area contributed by atoms with Crippen LogP contribution in [0.15, 0.2) is 66.7 Å². The van der Waals surface area contributed by atoms with Gasteiger partial charge in [-0.1, -0.05) is 87.0 Å². The molecule has 1 saturated heterocycles. The van der Waals surface area contributed by atoms with Crippen LogP contribution in [0.25, 0.3) is 11.1 Å². The molecule has 2 fully saturated rings. The molecule has 224 valence electrons. The molecule has 1 saturated carbocycles. The van der Waals surface area contributed by atoms with Gasteiger partial charge in [0.05, 0.1) is 32.0 Å². The number of carbonyl (C=O) groups is 1. The summed E-state index contributed by atoms with van der Waals surface area (Å²) in [5, 5.41) is 20.5. The molecule has 1 aliphatic heterocycles. The lowest BCUT2D eigenvalue weighted by Gasteiger charge is -2.38. The molecule has 2 aliphatic rings. The van der Waals surface area contributed by atoms with Gasteiger partial charge in [-0.05, 0) is 61.9 Å². The van der Waals surface area contributed by atoms with Crippen molar-refractivity contribution < 1.29 is 24.5 Å². The first-order valence-electron chi connectivity index (χ1n) is 15.5. The molecule has 4 unspecified atom stereocenters. The van der Waals surface area contributed by atoms with E-state index in [9.17, 15) is 15.0 Å². The highest BCUT2D eigenvalue weighted by molar-refractivity contribution is 5.69. The smallest absolute Gasteiger partial charge is 0.306 e. The number of benzene rings is 2. The Hall–Kier alpha value is -2.51. The van der Waals surface area contributed by atoms with Crippen molar-refractivity contribution in [2.45, 2.75) is 90.1 Å². The van der Waals surface area contributed by atoms with Gasteiger partial charge in [0.25, 0.3) is 0 Å². The van der Waals surface area contributed by atoms with Gasteiger partial charge in [0.1, 0.15) is 0 Å². The van der Waals surface area contributed by atoms with Crippen LogP contribution in [0.5, 0.6) is 0 Å². The number of carbonyl (C=O) groups excluding carboxylic acids is 1. The normalized spacial score (nSPS) is 23.7. The van der Waals surface area contributed by atoms with Crippen LogP contribution in [0.1, 0.15) is 70.8 Å². The molecule has 0 aromatic heterocycles. The third-order valence-electron chi connectivity index (χ3n) is 8.52. The molecule has 4 atom stereocenters. The van der Waals surface area contributed by atoms with Gasteiger partial charge >= 0.3 is 5.97 Å². The van der Waals surface area contributed by atoms with Gasteiger partial charge in [0, 0.05) is 30.2 Å².